The van der Waals surface area contributed by atoms with Gasteiger partial charge in [0.05, 0.1) is 4.88 Å². The molecule has 5 aromatic rings. The molecule has 0 radical (unpaired) electrons. The van der Waals surface area contributed by atoms with Crippen molar-refractivity contribution in [2.75, 3.05) is 0 Å². The Kier molecular flexibility index (Phi) is 4.97. The molecule has 152 valence electrons. The summed E-state index contributed by atoms with van der Waals surface area (Å²) >= 11 is 1.55. The first-order chi connectivity index (χ1) is 15.1. The minimum Gasteiger partial charge on any atom is -0.379 e. The van der Waals surface area contributed by atoms with E-state index in [2.05, 4.69) is 9.97 Å². The number of hydrogen-bond donors (Lipinski definition) is 0. The highest BCUT2D eigenvalue weighted by atomic mass is 32.2. The predicted molar refractivity (Wildman–Crippen MR) is 123 cm³/mol. The Labute approximate surface area is 183 Å². The van der Waals surface area contributed by atoms with Crippen LogP contribution in [0.15, 0.2) is 102 Å². The van der Waals surface area contributed by atoms with Crippen molar-refractivity contribution in [1.82, 2.24) is 9.97 Å². The van der Waals surface area contributed by atoms with Gasteiger partial charge in [-0.25, -0.2) is 4.98 Å². The van der Waals surface area contributed by atoms with Crippen molar-refractivity contribution in [3.63, 3.8) is 0 Å². The van der Waals surface area contributed by atoms with Gasteiger partial charge in [0, 0.05) is 24.2 Å². The van der Waals surface area contributed by atoms with Gasteiger partial charge in [-0.2, -0.15) is 8.42 Å². The van der Waals surface area contributed by atoms with Gasteiger partial charge in [0.1, 0.15) is 15.7 Å². The molecule has 0 N–H and O–H groups in total. The number of aromatic nitrogens is 2. The van der Waals surface area contributed by atoms with Crippen LogP contribution in [0.4, 0.5) is 0 Å². The number of rotatable bonds is 5. The van der Waals surface area contributed by atoms with E-state index >= 15 is 0 Å². The molecule has 5 nitrogen and oxygen atoms in total. The Morgan fingerprint density at radius 3 is 2.35 bits per heavy atom. The van der Waals surface area contributed by atoms with E-state index in [0.29, 0.717) is 0 Å². The summed E-state index contributed by atoms with van der Waals surface area (Å²) in [6.45, 7) is 0. The highest BCUT2D eigenvalue weighted by Gasteiger charge is 2.17. The molecule has 0 aliphatic rings. The van der Waals surface area contributed by atoms with Crippen LogP contribution in [0.3, 0.4) is 0 Å². The van der Waals surface area contributed by atoms with Crippen LogP contribution < -0.4 is 4.18 Å². The van der Waals surface area contributed by atoms with E-state index in [4.69, 9.17) is 4.18 Å². The largest absolute Gasteiger partial charge is 0.379 e. The van der Waals surface area contributed by atoms with Crippen LogP contribution in [-0.4, -0.2) is 18.4 Å². The third-order valence-electron chi connectivity index (χ3n) is 4.77. The van der Waals surface area contributed by atoms with Crippen molar-refractivity contribution in [3.8, 4) is 26.8 Å². The highest BCUT2D eigenvalue weighted by Crippen LogP contribution is 2.33. The number of fused-ring (bicyclic) bond motifs is 1. The average molecular weight is 445 g/mol. The van der Waals surface area contributed by atoms with Gasteiger partial charge in [0.15, 0.2) is 0 Å². The molecule has 5 rings (SSSR count). The van der Waals surface area contributed by atoms with E-state index in [1.807, 2.05) is 48.5 Å². The van der Waals surface area contributed by atoms with Crippen molar-refractivity contribution in [2.45, 2.75) is 4.90 Å². The zero-order valence-electron chi connectivity index (χ0n) is 16.2. The smallest absolute Gasteiger partial charge is 0.339 e. The molecule has 31 heavy (non-hydrogen) atoms. The van der Waals surface area contributed by atoms with Crippen LogP contribution >= 0.6 is 11.3 Å². The zero-order chi connectivity index (χ0) is 21.3. The summed E-state index contributed by atoms with van der Waals surface area (Å²) in [7, 11) is -3.93. The molecular weight excluding hydrogens is 428 g/mol. The van der Waals surface area contributed by atoms with Crippen molar-refractivity contribution in [3.05, 3.63) is 97.5 Å². The zero-order valence-corrected chi connectivity index (χ0v) is 17.8. The standard InChI is InChI=1S/C24H16N2O3S2/c27-31(28,22-12-9-17-4-1-2-5-19(17)14-22)29-21-10-7-18(8-11-21)23-16-26-24(30-23)20-6-3-13-25-15-20/h1-16H. The molecule has 0 saturated heterocycles. The Morgan fingerprint density at radius 2 is 1.58 bits per heavy atom. The summed E-state index contributed by atoms with van der Waals surface area (Å²) in [5.74, 6) is 0.258. The van der Waals surface area contributed by atoms with Crippen LogP contribution in [0.1, 0.15) is 0 Å². The molecule has 0 saturated carbocycles. The first-order valence-corrected chi connectivity index (χ1v) is 11.7. The molecule has 0 spiro atoms. The maximum atomic E-state index is 12.7. The van der Waals surface area contributed by atoms with E-state index in [9.17, 15) is 8.42 Å². The maximum absolute atomic E-state index is 12.7. The highest BCUT2D eigenvalue weighted by molar-refractivity contribution is 7.87. The molecule has 0 aliphatic carbocycles. The predicted octanol–water partition coefficient (Wildman–Crippen LogP) is 5.79. The second-order valence-corrected chi connectivity index (χ2v) is 9.42. The van der Waals surface area contributed by atoms with Gasteiger partial charge in [-0.05, 0) is 64.9 Å². The van der Waals surface area contributed by atoms with Crippen molar-refractivity contribution >= 4 is 32.2 Å². The van der Waals surface area contributed by atoms with Crippen LogP contribution in [0.5, 0.6) is 5.75 Å². The summed E-state index contributed by atoms with van der Waals surface area (Å²) < 4.78 is 30.8. The molecule has 0 aliphatic heterocycles. The molecule has 0 unspecified atom stereocenters. The molecule has 0 atom stereocenters. The van der Waals surface area contributed by atoms with E-state index < -0.39 is 10.1 Å². The monoisotopic (exact) mass is 444 g/mol. The molecule has 0 bridgehead atoms. The van der Waals surface area contributed by atoms with Crippen LogP contribution in [-0.2, 0) is 10.1 Å². The summed E-state index contributed by atoms with van der Waals surface area (Å²) in [6.07, 6.45) is 5.30. The lowest BCUT2D eigenvalue weighted by Crippen LogP contribution is -2.09. The quantitative estimate of drug-likeness (QED) is 0.321. The first-order valence-electron chi connectivity index (χ1n) is 9.48. The third-order valence-corrected chi connectivity index (χ3v) is 7.11. The van der Waals surface area contributed by atoms with Crippen LogP contribution in [0.2, 0.25) is 0 Å². The molecule has 3 aromatic carbocycles. The Morgan fingerprint density at radius 1 is 0.774 bits per heavy atom. The normalized spacial score (nSPS) is 11.5. The second-order valence-electron chi connectivity index (χ2n) is 6.84. The lowest BCUT2D eigenvalue weighted by molar-refractivity contribution is 0.486. The molecule has 0 amide bonds. The van der Waals surface area contributed by atoms with Crippen LogP contribution in [0, 0.1) is 0 Å². The van der Waals surface area contributed by atoms with Gasteiger partial charge in [-0.1, -0.05) is 30.3 Å². The Balaban J connectivity index is 1.37. The third kappa shape index (κ3) is 4.05. The van der Waals surface area contributed by atoms with Gasteiger partial charge in [-0.15, -0.1) is 11.3 Å². The van der Waals surface area contributed by atoms with Gasteiger partial charge < -0.3 is 4.18 Å². The van der Waals surface area contributed by atoms with Crippen molar-refractivity contribution < 1.29 is 12.6 Å². The first kappa shape index (κ1) is 19.4. The maximum Gasteiger partial charge on any atom is 0.339 e. The van der Waals surface area contributed by atoms with Gasteiger partial charge >= 0.3 is 10.1 Å². The fourth-order valence-electron chi connectivity index (χ4n) is 3.20. The molecule has 2 heterocycles. The van der Waals surface area contributed by atoms with Crippen molar-refractivity contribution in [1.29, 1.82) is 0 Å². The summed E-state index contributed by atoms with van der Waals surface area (Å²) in [6, 6.07) is 23.3. The summed E-state index contributed by atoms with van der Waals surface area (Å²) in [4.78, 5) is 9.68. The average Bonchev–Trinajstić information content (AvgIpc) is 3.30. The van der Waals surface area contributed by atoms with E-state index in [1.165, 1.54) is 0 Å². The SMILES string of the molecule is O=S(=O)(Oc1ccc(-c2cnc(-c3cccnc3)s2)cc1)c1ccc2ccccc2c1. The Bertz CT molecular complexity index is 1460. The number of benzene rings is 3. The van der Waals surface area contributed by atoms with E-state index in [1.54, 1.807) is 60.3 Å². The number of hydrogen-bond acceptors (Lipinski definition) is 6. The number of pyridine rings is 1. The fourth-order valence-corrected chi connectivity index (χ4v) is 5.08. The van der Waals surface area contributed by atoms with Gasteiger partial charge in [0.25, 0.3) is 0 Å². The lowest BCUT2D eigenvalue weighted by atomic mass is 10.1. The molecule has 0 fully saturated rings. The van der Waals surface area contributed by atoms with Crippen molar-refractivity contribution in [2.24, 2.45) is 0 Å². The fraction of sp³-hybridized carbons (Fsp3) is 0. The van der Waals surface area contributed by atoms with E-state index in [0.717, 1.165) is 31.8 Å². The van der Waals surface area contributed by atoms with Gasteiger partial charge in [0.2, 0.25) is 0 Å². The van der Waals surface area contributed by atoms with E-state index in [-0.39, 0.29) is 10.6 Å². The molecular formula is C24H16N2O3S2. The Hall–Kier alpha value is -3.55. The summed E-state index contributed by atoms with van der Waals surface area (Å²) in [5, 5.41) is 2.69. The minimum absolute atomic E-state index is 0.124. The topological polar surface area (TPSA) is 69.2 Å². The second kappa shape index (κ2) is 7.94. The number of nitrogens with zero attached hydrogens (tertiary/aromatic N) is 2. The van der Waals surface area contributed by atoms with Crippen LogP contribution in [0.25, 0.3) is 31.8 Å². The minimum atomic E-state index is -3.93. The molecule has 2 aromatic heterocycles. The van der Waals surface area contributed by atoms with Gasteiger partial charge in [-0.3, -0.25) is 4.98 Å². The summed E-state index contributed by atoms with van der Waals surface area (Å²) in [5.41, 5.74) is 1.89. The molecule has 7 heteroatoms. The lowest BCUT2D eigenvalue weighted by Gasteiger charge is -2.08. The number of thiazole rings is 1.